The molecular weight excluding hydrogens is 470 g/mol. The molecule has 0 radical (unpaired) electrons. The van der Waals surface area contributed by atoms with Crippen molar-refractivity contribution in [3.63, 3.8) is 0 Å². The Morgan fingerprint density at radius 1 is 1.11 bits per heavy atom. The molecule has 0 aliphatic carbocycles. The van der Waals surface area contributed by atoms with Gasteiger partial charge < -0.3 is 18.9 Å². The zero-order chi connectivity index (χ0) is 25.7. The maximum atomic E-state index is 13.3. The second kappa shape index (κ2) is 8.77. The zero-order valence-corrected chi connectivity index (χ0v) is 20.1. The molecule has 2 unspecified atom stereocenters. The molecule has 2 aliphatic rings. The van der Waals surface area contributed by atoms with Crippen LogP contribution in [-0.4, -0.2) is 57.2 Å². The number of carbonyl (C=O) groups is 1. The minimum atomic E-state index is -0.667. The van der Waals surface area contributed by atoms with E-state index in [1.54, 1.807) is 30.0 Å². The van der Waals surface area contributed by atoms with Gasteiger partial charge in [-0.25, -0.2) is 4.98 Å². The van der Waals surface area contributed by atoms with Crippen LogP contribution >= 0.6 is 0 Å². The molecule has 1 saturated heterocycles. The van der Waals surface area contributed by atoms with Gasteiger partial charge in [0.2, 0.25) is 5.91 Å². The van der Waals surface area contributed by atoms with Gasteiger partial charge >= 0.3 is 11.2 Å². The van der Waals surface area contributed by atoms with Crippen LogP contribution in [0.2, 0.25) is 0 Å². The fraction of sp³-hybridized carbons (Fsp3) is 0.417. The van der Waals surface area contributed by atoms with Crippen molar-refractivity contribution in [3.05, 3.63) is 66.6 Å². The summed E-state index contributed by atoms with van der Waals surface area (Å²) in [6.45, 7) is 2.59. The third-order valence-electron chi connectivity index (χ3n) is 7.08. The number of benzene rings is 1. The quantitative estimate of drug-likeness (QED) is 0.383. The largest absolute Gasteiger partial charge is 0.493 e. The van der Waals surface area contributed by atoms with Gasteiger partial charge in [-0.3, -0.25) is 29.1 Å². The third kappa shape index (κ3) is 3.78. The number of likely N-dealkylation sites (tertiary alicyclic amines) is 1. The molecule has 36 heavy (non-hydrogen) atoms. The number of hydrogen-bond acceptors (Lipinski definition) is 8. The number of ether oxygens (including phenoxy) is 2. The number of hydrogen-bond donors (Lipinski definition) is 0. The zero-order valence-electron chi connectivity index (χ0n) is 20.1. The number of methoxy groups -OCH3 is 2. The van der Waals surface area contributed by atoms with Crippen molar-refractivity contribution in [2.24, 2.45) is 5.92 Å². The second-order valence-electron chi connectivity index (χ2n) is 9.19. The lowest BCUT2D eigenvalue weighted by Crippen LogP contribution is -2.50. The Morgan fingerprint density at radius 2 is 1.83 bits per heavy atom. The van der Waals surface area contributed by atoms with Crippen LogP contribution in [0.3, 0.4) is 0 Å². The predicted molar refractivity (Wildman–Crippen MR) is 129 cm³/mol. The summed E-state index contributed by atoms with van der Waals surface area (Å²) in [5.41, 5.74) is -0.264. The molecule has 12 nitrogen and oxygen atoms in total. The summed E-state index contributed by atoms with van der Waals surface area (Å²) in [5, 5.41) is 11.5. The van der Waals surface area contributed by atoms with Crippen molar-refractivity contribution in [2.75, 3.05) is 27.3 Å². The molecule has 188 valence electrons. The monoisotopic (exact) mass is 495 g/mol. The highest BCUT2D eigenvalue weighted by Crippen LogP contribution is 2.36. The van der Waals surface area contributed by atoms with Crippen LogP contribution < -0.4 is 20.6 Å². The Bertz CT molecular complexity index is 1530. The molecule has 2 atom stereocenters. The van der Waals surface area contributed by atoms with Crippen molar-refractivity contribution in [1.82, 2.24) is 19.0 Å². The standard InChI is InChI=1S/C24H25N5O7/c1-13-25-17-8-21(36-3)20(35-2)7-16(17)23(31)27(13)12-22(30)26-9-14-6-15(11-26)18-4-5-19(29(33)34)24(32)28(18)10-14/h4-5,7-8,14-15H,6,9-12H2,1-3H3. The van der Waals surface area contributed by atoms with Crippen LogP contribution in [-0.2, 0) is 17.9 Å². The highest BCUT2D eigenvalue weighted by molar-refractivity contribution is 5.83. The summed E-state index contributed by atoms with van der Waals surface area (Å²) < 4.78 is 13.4. The molecule has 2 bridgehead atoms. The van der Waals surface area contributed by atoms with Gasteiger partial charge in [-0.05, 0) is 31.4 Å². The van der Waals surface area contributed by atoms with Crippen LogP contribution in [0.25, 0.3) is 10.9 Å². The highest BCUT2D eigenvalue weighted by atomic mass is 16.6. The lowest BCUT2D eigenvalue weighted by atomic mass is 9.83. The van der Waals surface area contributed by atoms with E-state index in [0.29, 0.717) is 53.6 Å². The number of aryl methyl sites for hydroxylation is 1. The first-order valence-corrected chi connectivity index (χ1v) is 11.5. The molecule has 4 heterocycles. The molecule has 0 spiro atoms. The molecule has 0 N–H and O–H groups in total. The second-order valence-corrected chi connectivity index (χ2v) is 9.19. The molecule has 1 amide bonds. The highest BCUT2D eigenvalue weighted by Gasteiger charge is 2.37. The minimum absolute atomic E-state index is 0.0100. The van der Waals surface area contributed by atoms with Gasteiger partial charge in [0.15, 0.2) is 11.5 Å². The number of carbonyl (C=O) groups excluding carboxylic acids is 1. The number of fused-ring (bicyclic) bond motifs is 5. The maximum Gasteiger partial charge on any atom is 0.334 e. The van der Waals surface area contributed by atoms with E-state index in [1.807, 2.05) is 0 Å². The smallest absolute Gasteiger partial charge is 0.334 e. The van der Waals surface area contributed by atoms with E-state index in [-0.39, 0.29) is 29.8 Å². The Balaban J connectivity index is 1.43. The number of piperidine rings is 1. The van der Waals surface area contributed by atoms with Gasteiger partial charge in [0.25, 0.3) is 5.56 Å². The number of pyridine rings is 1. The van der Waals surface area contributed by atoms with Gasteiger partial charge in [-0.1, -0.05) is 0 Å². The molecule has 0 saturated carbocycles. The van der Waals surface area contributed by atoms with Crippen molar-refractivity contribution < 1.29 is 19.2 Å². The van der Waals surface area contributed by atoms with E-state index in [1.165, 1.54) is 29.4 Å². The first-order chi connectivity index (χ1) is 17.2. The van der Waals surface area contributed by atoms with Crippen LogP contribution in [0, 0.1) is 23.0 Å². The average Bonchev–Trinajstić information content (AvgIpc) is 2.86. The lowest BCUT2D eigenvalue weighted by Gasteiger charge is -2.42. The lowest BCUT2D eigenvalue weighted by molar-refractivity contribution is -0.386. The first-order valence-electron chi connectivity index (χ1n) is 11.5. The van der Waals surface area contributed by atoms with E-state index >= 15 is 0 Å². The molecular formula is C24H25N5O7. The number of nitro groups is 1. The topological polar surface area (TPSA) is 139 Å². The normalized spacial score (nSPS) is 18.6. The Morgan fingerprint density at radius 3 is 2.53 bits per heavy atom. The minimum Gasteiger partial charge on any atom is -0.493 e. The molecule has 1 fully saturated rings. The SMILES string of the molecule is COc1cc2nc(C)n(CC(=O)N3CC4CC(C3)c3ccc([N+](=O)[O-])c(=O)n3C4)c(=O)c2cc1OC. The molecule has 2 aromatic heterocycles. The van der Waals surface area contributed by atoms with E-state index in [9.17, 15) is 24.5 Å². The summed E-state index contributed by atoms with van der Waals surface area (Å²) in [4.78, 5) is 55.9. The predicted octanol–water partition coefficient (Wildman–Crippen LogP) is 1.44. The van der Waals surface area contributed by atoms with E-state index in [4.69, 9.17) is 9.47 Å². The maximum absolute atomic E-state index is 13.3. The van der Waals surface area contributed by atoms with E-state index in [0.717, 1.165) is 6.42 Å². The molecule has 12 heteroatoms. The van der Waals surface area contributed by atoms with Gasteiger partial charge in [0.1, 0.15) is 12.4 Å². The fourth-order valence-electron chi connectivity index (χ4n) is 5.36. The average molecular weight is 495 g/mol. The van der Waals surface area contributed by atoms with Gasteiger partial charge in [0.05, 0.1) is 30.0 Å². The van der Waals surface area contributed by atoms with Crippen molar-refractivity contribution in [1.29, 1.82) is 0 Å². The van der Waals surface area contributed by atoms with Crippen molar-refractivity contribution in [2.45, 2.75) is 32.4 Å². The summed E-state index contributed by atoms with van der Waals surface area (Å²) >= 11 is 0. The molecule has 5 rings (SSSR count). The molecule has 3 aromatic rings. The van der Waals surface area contributed by atoms with Crippen molar-refractivity contribution in [3.8, 4) is 11.5 Å². The van der Waals surface area contributed by atoms with Gasteiger partial charge in [0, 0.05) is 43.4 Å². The van der Waals surface area contributed by atoms with Crippen LogP contribution in [0.15, 0.2) is 33.9 Å². The van der Waals surface area contributed by atoms with E-state index < -0.39 is 16.2 Å². The summed E-state index contributed by atoms with van der Waals surface area (Å²) in [7, 11) is 2.98. The van der Waals surface area contributed by atoms with Crippen LogP contribution in [0.1, 0.15) is 23.9 Å². The number of aromatic nitrogens is 3. The van der Waals surface area contributed by atoms with E-state index in [2.05, 4.69) is 4.98 Å². The fourth-order valence-corrected chi connectivity index (χ4v) is 5.36. The molecule has 2 aliphatic heterocycles. The first kappa shape index (κ1) is 23.5. The van der Waals surface area contributed by atoms with Crippen molar-refractivity contribution >= 4 is 22.5 Å². The summed E-state index contributed by atoms with van der Waals surface area (Å²) in [6, 6.07) is 6.04. The van der Waals surface area contributed by atoms with Gasteiger partial charge in [-0.15, -0.1) is 0 Å². The number of rotatable bonds is 5. The Kier molecular flexibility index (Phi) is 5.73. The third-order valence-corrected chi connectivity index (χ3v) is 7.08. The van der Waals surface area contributed by atoms with Crippen LogP contribution in [0.4, 0.5) is 5.69 Å². The van der Waals surface area contributed by atoms with Gasteiger partial charge in [-0.2, -0.15) is 0 Å². The number of nitrogens with zero attached hydrogens (tertiary/aromatic N) is 5. The van der Waals surface area contributed by atoms with Crippen LogP contribution in [0.5, 0.6) is 11.5 Å². The summed E-state index contributed by atoms with van der Waals surface area (Å²) in [5.74, 6) is 0.894. The Hall–Kier alpha value is -4.22. The number of amides is 1. The molecule has 1 aromatic carbocycles. The summed E-state index contributed by atoms with van der Waals surface area (Å²) in [6.07, 6.45) is 0.791. The Labute approximate surface area is 204 Å².